The molecule has 0 aromatic rings. The second kappa shape index (κ2) is 3.12. The number of hydrogen-bond acceptors (Lipinski definition) is 2. The quantitative estimate of drug-likeness (QED) is 0.507. The molecule has 0 amide bonds. The summed E-state index contributed by atoms with van der Waals surface area (Å²) in [5, 5.41) is 8.39. The van der Waals surface area contributed by atoms with Crippen LogP contribution < -0.4 is 0 Å². The summed E-state index contributed by atoms with van der Waals surface area (Å²) in [6.07, 6.45) is 0.323. The Hall–Kier alpha value is 0.0700. The van der Waals surface area contributed by atoms with Crippen LogP contribution in [0.15, 0.2) is 0 Å². The first-order valence-corrected chi connectivity index (χ1v) is 3.13. The van der Waals surface area contributed by atoms with E-state index in [1.54, 1.807) is 6.92 Å². The van der Waals surface area contributed by atoms with Gasteiger partial charge >= 0.3 is 0 Å². The molecular formula is C3H8O3S. The Balaban J connectivity index is 3.34. The monoisotopic (exact) mass is 124 g/mol. The normalized spacial score (nSPS) is 18.7. The van der Waals surface area contributed by atoms with Crippen LogP contribution in [0.2, 0.25) is 0 Å². The van der Waals surface area contributed by atoms with Crippen molar-refractivity contribution in [1.29, 1.82) is 0 Å². The van der Waals surface area contributed by atoms with Gasteiger partial charge in [-0.1, -0.05) is 6.92 Å². The molecule has 0 aliphatic heterocycles. The Bertz CT molecular complexity index is 72.6. The molecule has 3 nitrogen and oxygen atoms in total. The fourth-order valence-electron chi connectivity index (χ4n) is 0.143. The van der Waals surface area contributed by atoms with E-state index in [4.69, 9.17) is 9.66 Å². The molecule has 0 aromatic carbocycles. The highest BCUT2D eigenvalue weighted by atomic mass is 32.2. The standard InChI is InChI=1S/C3H8O3S/c1-2-3(4)7(5)6/h3-4H,2H2,1H3,(H,5,6). The largest absolute Gasteiger partial charge is 0.377 e. The molecule has 0 aromatic heterocycles. The van der Waals surface area contributed by atoms with Crippen LogP contribution in [0.3, 0.4) is 0 Å². The summed E-state index contributed by atoms with van der Waals surface area (Å²) in [4.78, 5) is 0. The summed E-state index contributed by atoms with van der Waals surface area (Å²) in [5.74, 6) is 0. The maximum atomic E-state index is 9.79. The Labute approximate surface area is 44.6 Å². The molecule has 0 bridgehead atoms. The van der Waals surface area contributed by atoms with Crippen LogP contribution in [0.1, 0.15) is 13.3 Å². The van der Waals surface area contributed by atoms with E-state index < -0.39 is 16.5 Å². The lowest BCUT2D eigenvalue weighted by atomic mass is 10.5. The van der Waals surface area contributed by atoms with E-state index in [1.807, 2.05) is 0 Å². The SMILES string of the molecule is CCC(O)S(=O)O. The van der Waals surface area contributed by atoms with Crippen molar-refractivity contribution >= 4 is 11.1 Å². The predicted octanol–water partition coefficient (Wildman–Crippen LogP) is -0.0635. The lowest BCUT2D eigenvalue weighted by Gasteiger charge is -1.97. The molecule has 0 spiro atoms. The van der Waals surface area contributed by atoms with Gasteiger partial charge in [-0.3, -0.25) is 0 Å². The molecule has 0 fully saturated rings. The van der Waals surface area contributed by atoms with Gasteiger partial charge in [0.05, 0.1) is 0 Å². The van der Waals surface area contributed by atoms with Crippen molar-refractivity contribution in [2.24, 2.45) is 0 Å². The number of hydrogen-bond donors (Lipinski definition) is 2. The molecule has 0 saturated heterocycles. The predicted molar refractivity (Wildman–Crippen MR) is 27.1 cm³/mol. The zero-order valence-electron chi connectivity index (χ0n) is 4.00. The van der Waals surface area contributed by atoms with E-state index in [9.17, 15) is 4.21 Å². The third kappa shape index (κ3) is 2.73. The van der Waals surface area contributed by atoms with Crippen molar-refractivity contribution in [2.75, 3.05) is 0 Å². The van der Waals surface area contributed by atoms with Crippen molar-refractivity contribution < 1.29 is 13.9 Å². The summed E-state index contributed by atoms with van der Waals surface area (Å²) in [6.45, 7) is 1.64. The molecule has 7 heavy (non-hydrogen) atoms. The van der Waals surface area contributed by atoms with Crippen LogP contribution in [-0.2, 0) is 11.1 Å². The summed E-state index contributed by atoms with van der Waals surface area (Å²) < 4.78 is 17.8. The van der Waals surface area contributed by atoms with Gasteiger partial charge in [-0.05, 0) is 6.42 Å². The lowest BCUT2D eigenvalue weighted by Crippen LogP contribution is -2.10. The minimum atomic E-state index is -2.05. The van der Waals surface area contributed by atoms with Crippen molar-refractivity contribution in [2.45, 2.75) is 18.8 Å². The van der Waals surface area contributed by atoms with Crippen LogP contribution in [-0.4, -0.2) is 19.3 Å². The van der Waals surface area contributed by atoms with Gasteiger partial charge in [0, 0.05) is 0 Å². The first-order chi connectivity index (χ1) is 3.18. The van der Waals surface area contributed by atoms with Crippen molar-refractivity contribution in [1.82, 2.24) is 0 Å². The van der Waals surface area contributed by atoms with E-state index in [0.717, 1.165) is 0 Å². The van der Waals surface area contributed by atoms with Crippen LogP contribution in [0.5, 0.6) is 0 Å². The summed E-state index contributed by atoms with van der Waals surface area (Å²) in [7, 11) is 0. The van der Waals surface area contributed by atoms with E-state index in [-0.39, 0.29) is 0 Å². The average molecular weight is 124 g/mol. The van der Waals surface area contributed by atoms with Crippen LogP contribution in [0, 0.1) is 0 Å². The first kappa shape index (κ1) is 7.07. The van der Waals surface area contributed by atoms with Gasteiger partial charge in [0.2, 0.25) is 0 Å². The van der Waals surface area contributed by atoms with Gasteiger partial charge in [-0.2, -0.15) is 0 Å². The van der Waals surface area contributed by atoms with Gasteiger partial charge in [-0.25, -0.2) is 4.21 Å². The smallest absolute Gasteiger partial charge is 0.182 e. The summed E-state index contributed by atoms with van der Waals surface area (Å²) >= 11 is -2.05. The van der Waals surface area contributed by atoms with E-state index in [2.05, 4.69) is 0 Å². The minimum Gasteiger partial charge on any atom is -0.377 e. The van der Waals surface area contributed by atoms with Crippen LogP contribution in [0.25, 0.3) is 0 Å². The third-order valence-electron chi connectivity index (χ3n) is 0.582. The number of aliphatic hydroxyl groups is 1. The van der Waals surface area contributed by atoms with E-state index in [0.29, 0.717) is 6.42 Å². The lowest BCUT2D eigenvalue weighted by molar-refractivity contribution is 0.242. The van der Waals surface area contributed by atoms with Crippen molar-refractivity contribution in [3.63, 3.8) is 0 Å². The average Bonchev–Trinajstić information content (AvgIpc) is 1.65. The molecule has 44 valence electrons. The Morgan fingerprint density at radius 3 is 2.29 bits per heavy atom. The van der Waals surface area contributed by atoms with Gasteiger partial charge in [-0.15, -0.1) is 0 Å². The highest BCUT2D eigenvalue weighted by molar-refractivity contribution is 7.79. The molecule has 0 heterocycles. The first-order valence-electron chi connectivity index (χ1n) is 1.96. The maximum Gasteiger partial charge on any atom is 0.182 e. The highest BCUT2D eigenvalue weighted by Gasteiger charge is 2.04. The molecule has 2 atom stereocenters. The van der Waals surface area contributed by atoms with Gasteiger partial charge in [0.1, 0.15) is 0 Å². The molecule has 4 heteroatoms. The zero-order valence-corrected chi connectivity index (χ0v) is 4.81. The van der Waals surface area contributed by atoms with E-state index in [1.165, 1.54) is 0 Å². The second-order valence-corrected chi connectivity index (χ2v) is 2.24. The van der Waals surface area contributed by atoms with Gasteiger partial charge in [0.25, 0.3) is 0 Å². The molecule has 2 unspecified atom stereocenters. The van der Waals surface area contributed by atoms with Crippen LogP contribution >= 0.6 is 0 Å². The zero-order chi connectivity index (χ0) is 5.86. The second-order valence-electron chi connectivity index (χ2n) is 1.14. The molecule has 0 rings (SSSR count). The molecule has 0 radical (unpaired) electrons. The number of rotatable bonds is 2. The topological polar surface area (TPSA) is 57.5 Å². The fraction of sp³-hybridized carbons (Fsp3) is 1.00. The summed E-state index contributed by atoms with van der Waals surface area (Å²) in [5.41, 5.74) is -1.07. The summed E-state index contributed by atoms with van der Waals surface area (Å²) in [6, 6.07) is 0. The third-order valence-corrected chi connectivity index (χ3v) is 1.38. The fourth-order valence-corrected chi connectivity index (χ4v) is 0.428. The Kier molecular flexibility index (Phi) is 3.15. The van der Waals surface area contributed by atoms with Gasteiger partial charge < -0.3 is 9.66 Å². The van der Waals surface area contributed by atoms with E-state index >= 15 is 0 Å². The molecule has 0 aliphatic carbocycles. The van der Waals surface area contributed by atoms with Crippen LogP contribution in [0.4, 0.5) is 0 Å². The van der Waals surface area contributed by atoms with Crippen molar-refractivity contribution in [3.05, 3.63) is 0 Å². The molecule has 0 saturated carbocycles. The maximum absolute atomic E-state index is 9.79. The van der Waals surface area contributed by atoms with Gasteiger partial charge in [0.15, 0.2) is 16.5 Å². The molecule has 0 aliphatic rings. The van der Waals surface area contributed by atoms with Crippen molar-refractivity contribution in [3.8, 4) is 0 Å². The molecular weight excluding hydrogens is 116 g/mol. The Morgan fingerprint density at radius 1 is 1.86 bits per heavy atom. The minimum absolute atomic E-state index is 0.323. The number of aliphatic hydroxyl groups excluding tert-OH is 1. The Morgan fingerprint density at radius 2 is 2.29 bits per heavy atom. The molecule has 2 N–H and O–H groups in total. The highest BCUT2D eigenvalue weighted by Crippen LogP contribution is 1.91.